The second-order valence-corrected chi connectivity index (χ2v) is 7.41. The van der Waals surface area contributed by atoms with E-state index in [9.17, 15) is 4.79 Å². The van der Waals surface area contributed by atoms with Crippen LogP contribution in [0.15, 0.2) is 53.5 Å². The van der Waals surface area contributed by atoms with E-state index in [4.69, 9.17) is 15.7 Å². The normalized spacial score (nSPS) is 13.8. The molecule has 7 nitrogen and oxygen atoms in total. The molecule has 8 heteroatoms. The molecule has 1 amide bonds. The van der Waals surface area contributed by atoms with Gasteiger partial charge in [-0.1, -0.05) is 13.5 Å². The maximum atomic E-state index is 10.8. The molecular formula is C21H24BrN5O2. The maximum Gasteiger partial charge on any atom is 0.243 e. The number of anilines is 1. The number of nitrogens with one attached hydrogen (secondary N) is 1. The number of carbonyl (C=O) groups is 1. The molecule has 1 fully saturated rings. The number of aromatic nitrogens is 2. The molecule has 0 unspecified atom stereocenters. The Morgan fingerprint density at radius 1 is 1.41 bits per heavy atom. The Balaban J connectivity index is 0.000000212. The lowest BCUT2D eigenvalue weighted by Crippen LogP contribution is -2.39. The average Bonchev–Trinajstić information content (AvgIpc) is 2.68. The molecule has 152 valence electrons. The van der Waals surface area contributed by atoms with Gasteiger partial charge in [0, 0.05) is 18.1 Å². The largest absolute Gasteiger partial charge is 0.368 e. The zero-order valence-corrected chi connectivity index (χ0v) is 17.9. The molecule has 0 atom stereocenters. The molecule has 0 spiro atoms. The van der Waals surface area contributed by atoms with Crippen molar-refractivity contribution in [3.05, 3.63) is 64.7 Å². The first-order valence-corrected chi connectivity index (χ1v) is 10.0. The maximum absolute atomic E-state index is 10.8. The van der Waals surface area contributed by atoms with Gasteiger partial charge in [-0.15, -0.1) is 0 Å². The third kappa shape index (κ3) is 6.66. The van der Waals surface area contributed by atoms with Crippen LogP contribution in [0.5, 0.6) is 0 Å². The van der Waals surface area contributed by atoms with Crippen LogP contribution in [-0.2, 0) is 15.1 Å². The Hall–Kier alpha value is -2.76. The predicted octanol–water partition coefficient (Wildman–Crippen LogP) is 4.01. The quantitative estimate of drug-likeness (QED) is 0.606. The zero-order valence-electron chi connectivity index (χ0n) is 16.3. The molecule has 3 rings (SSSR count). The first-order valence-electron chi connectivity index (χ1n) is 9.24. The van der Waals surface area contributed by atoms with Crippen molar-refractivity contribution in [2.75, 3.05) is 11.9 Å². The van der Waals surface area contributed by atoms with Crippen molar-refractivity contribution >= 4 is 27.7 Å². The summed E-state index contributed by atoms with van der Waals surface area (Å²) in [6.45, 7) is 5.78. The molecule has 0 bridgehead atoms. The molecule has 1 aliphatic rings. The SMILES string of the molecule is C=C(CC)Nc1ccc(C#N)cn1.NC(=O)COC1(c2ccnc(Br)c2)CCC1. The number of amides is 1. The smallest absolute Gasteiger partial charge is 0.243 e. The van der Waals surface area contributed by atoms with Crippen LogP contribution in [0.1, 0.15) is 43.7 Å². The van der Waals surface area contributed by atoms with Gasteiger partial charge in [-0.3, -0.25) is 4.79 Å². The lowest BCUT2D eigenvalue weighted by atomic mass is 9.75. The molecule has 2 heterocycles. The van der Waals surface area contributed by atoms with Crippen molar-refractivity contribution in [3.63, 3.8) is 0 Å². The Morgan fingerprint density at radius 2 is 2.17 bits per heavy atom. The van der Waals surface area contributed by atoms with Gasteiger partial charge in [-0.2, -0.15) is 5.26 Å². The zero-order chi connectivity index (χ0) is 21.3. The summed E-state index contributed by atoms with van der Waals surface area (Å²) in [7, 11) is 0. The number of pyridine rings is 2. The number of nitriles is 1. The molecule has 1 saturated carbocycles. The van der Waals surface area contributed by atoms with Crippen LogP contribution < -0.4 is 11.1 Å². The molecule has 0 aliphatic heterocycles. The lowest BCUT2D eigenvalue weighted by molar-refractivity contribution is -0.141. The third-order valence-corrected chi connectivity index (χ3v) is 4.96. The number of nitrogens with two attached hydrogens (primary N) is 1. The summed E-state index contributed by atoms with van der Waals surface area (Å²) < 4.78 is 6.42. The number of halogens is 1. The monoisotopic (exact) mass is 457 g/mol. The predicted molar refractivity (Wildman–Crippen MR) is 115 cm³/mol. The van der Waals surface area contributed by atoms with Gasteiger partial charge in [0.15, 0.2) is 0 Å². The van der Waals surface area contributed by atoms with Crippen LogP contribution in [-0.4, -0.2) is 22.5 Å². The van der Waals surface area contributed by atoms with Gasteiger partial charge in [0.2, 0.25) is 5.91 Å². The van der Waals surface area contributed by atoms with E-state index in [1.165, 1.54) is 6.20 Å². The Bertz CT molecular complexity index is 889. The third-order valence-electron chi connectivity index (χ3n) is 4.53. The van der Waals surface area contributed by atoms with Crippen molar-refractivity contribution in [3.8, 4) is 6.07 Å². The second-order valence-electron chi connectivity index (χ2n) is 6.60. The first kappa shape index (κ1) is 22.5. The first-order chi connectivity index (χ1) is 13.9. The average molecular weight is 458 g/mol. The van der Waals surface area contributed by atoms with Crippen molar-refractivity contribution < 1.29 is 9.53 Å². The standard InChI is InChI=1S/C11H13BrN2O2.C10H11N3/c12-9-6-8(2-5-14-9)11(3-1-4-11)16-7-10(13)15;1-3-8(2)13-10-5-4-9(6-11)7-12-10/h2,5-6H,1,3-4,7H2,(H2,13,15);4-5,7H,2-3H2,1H3,(H,12,13). The van der Waals surface area contributed by atoms with Crippen molar-refractivity contribution in [2.24, 2.45) is 5.73 Å². The van der Waals surface area contributed by atoms with E-state index < -0.39 is 5.91 Å². The highest BCUT2D eigenvalue weighted by Gasteiger charge is 2.40. The minimum atomic E-state index is -0.431. The van der Waals surface area contributed by atoms with E-state index in [-0.39, 0.29) is 12.2 Å². The second kappa shape index (κ2) is 10.7. The van der Waals surface area contributed by atoms with Crippen LogP contribution >= 0.6 is 15.9 Å². The summed E-state index contributed by atoms with van der Waals surface area (Å²) >= 11 is 3.33. The highest BCUT2D eigenvalue weighted by atomic mass is 79.9. The Kier molecular flexibility index (Phi) is 8.31. The van der Waals surface area contributed by atoms with E-state index in [2.05, 4.69) is 37.8 Å². The van der Waals surface area contributed by atoms with Gasteiger partial charge in [0.25, 0.3) is 0 Å². The molecule has 0 saturated heterocycles. The van der Waals surface area contributed by atoms with E-state index >= 15 is 0 Å². The summed E-state index contributed by atoms with van der Waals surface area (Å²) in [5, 5.41) is 11.6. The molecule has 2 aromatic rings. The fourth-order valence-corrected chi connectivity index (χ4v) is 3.08. The Morgan fingerprint density at radius 3 is 2.66 bits per heavy atom. The summed E-state index contributed by atoms with van der Waals surface area (Å²) in [4.78, 5) is 18.9. The topological polar surface area (TPSA) is 114 Å². The van der Waals surface area contributed by atoms with Gasteiger partial charge < -0.3 is 15.8 Å². The molecule has 2 aromatic heterocycles. The van der Waals surface area contributed by atoms with Gasteiger partial charge >= 0.3 is 0 Å². The van der Waals surface area contributed by atoms with Gasteiger partial charge in [-0.25, -0.2) is 9.97 Å². The minimum Gasteiger partial charge on any atom is -0.368 e. The van der Waals surface area contributed by atoms with E-state index in [1.807, 2.05) is 25.1 Å². The highest BCUT2D eigenvalue weighted by molar-refractivity contribution is 9.10. The number of hydrogen-bond acceptors (Lipinski definition) is 6. The van der Waals surface area contributed by atoms with E-state index in [1.54, 1.807) is 18.3 Å². The van der Waals surface area contributed by atoms with Crippen LogP contribution in [0.25, 0.3) is 0 Å². The van der Waals surface area contributed by atoms with Crippen LogP contribution in [0.4, 0.5) is 5.82 Å². The van der Waals surface area contributed by atoms with Crippen molar-refractivity contribution in [2.45, 2.75) is 38.2 Å². The molecule has 1 aliphatic carbocycles. The van der Waals surface area contributed by atoms with Gasteiger partial charge in [0.1, 0.15) is 23.1 Å². The number of ether oxygens (including phenoxy) is 1. The molecule has 29 heavy (non-hydrogen) atoms. The molecular weight excluding hydrogens is 434 g/mol. The molecule has 0 aromatic carbocycles. The van der Waals surface area contributed by atoms with Crippen molar-refractivity contribution in [1.82, 2.24) is 9.97 Å². The number of rotatable bonds is 7. The van der Waals surface area contributed by atoms with E-state index in [0.717, 1.165) is 47.4 Å². The number of nitrogens with zero attached hydrogens (tertiary/aromatic N) is 3. The Labute approximate surface area is 179 Å². The number of allylic oxidation sites excluding steroid dienone is 1. The van der Waals surface area contributed by atoms with E-state index in [0.29, 0.717) is 5.56 Å². The van der Waals surface area contributed by atoms with Gasteiger partial charge in [-0.05, 0) is 71.4 Å². The summed E-state index contributed by atoms with van der Waals surface area (Å²) in [5.74, 6) is 0.297. The minimum absolute atomic E-state index is 0.0278. The fourth-order valence-electron chi connectivity index (χ4n) is 2.71. The number of primary amides is 1. The number of hydrogen-bond donors (Lipinski definition) is 2. The summed E-state index contributed by atoms with van der Waals surface area (Å²) in [5.41, 5.74) is 7.30. The highest BCUT2D eigenvalue weighted by Crippen LogP contribution is 2.44. The van der Waals surface area contributed by atoms with Crippen LogP contribution in [0.3, 0.4) is 0 Å². The lowest BCUT2D eigenvalue weighted by Gasteiger charge is -2.41. The number of carbonyl (C=O) groups excluding carboxylic acids is 1. The van der Waals surface area contributed by atoms with Gasteiger partial charge in [0.05, 0.1) is 11.2 Å². The summed E-state index contributed by atoms with van der Waals surface area (Å²) in [6, 6.07) is 9.34. The van der Waals surface area contributed by atoms with Crippen LogP contribution in [0, 0.1) is 11.3 Å². The summed E-state index contributed by atoms with van der Waals surface area (Å²) in [6.07, 6.45) is 7.09. The molecule has 0 radical (unpaired) electrons. The van der Waals surface area contributed by atoms with Crippen molar-refractivity contribution in [1.29, 1.82) is 5.26 Å². The van der Waals surface area contributed by atoms with Crippen LogP contribution in [0.2, 0.25) is 0 Å². The fraction of sp³-hybridized carbons (Fsp3) is 0.333. The molecule has 3 N–H and O–H groups in total.